The predicted octanol–water partition coefficient (Wildman–Crippen LogP) is 8.06. The number of amidine groups is 1. The molecule has 0 saturated carbocycles. The van der Waals surface area contributed by atoms with Gasteiger partial charge < -0.3 is 14.2 Å². The molecule has 0 N–H and O–H groups in total. The van der Waals surface area contributed by atoms with Crippen LogP contribution >= 0.6 is 23.4 Å². The zero-order valence-corrected chi connectivity index (χ0v) is 29.2. The molecule has 0 fully saturated rings. The number of ether oxygens (including phenoxy) is 3. The van der Waals surface area contributed by atoms with E-state index in [9.17, 15) is 9.59 Å². The number of hydrogen-bond acceptors (Lipinski definition) is 8. The molecule has 2 atom stereocenters. The van der Waals surface area contributed by atoms with E-state index in [1.54, 1.807) is 33.8 Å². The molecule has 242 valence electrons. The van der Waals surface area contributed by atoms with E-state index in [-0.39, 0.29) is 23.2 Å². The van der Waals surface area contributed by atoms with Gasteiger partial charge in [-0.1, -0.05) is 49.1 Å². The highest BCUT2D eigenvalue weighted by molar-refractivity contribution is 8.16. The van der Waals surface area contributed by atoms with Crippen molar-refractivity contribution in [3.05, 3.63) is 75.8 Å². The largest absolute Gasteiger partial charge is 0.467 e. The molecule has 0 saturated heterocycles. The molecule has 8 nitrogen and oxygen atoms in total. The Labute approximate surface area is 272 Å². The third-order valence-corrected chi connectivity index (χ3v) is 10.3. The quantitative estimate of drug-likeness (QED) is 0.0872. The Hall–Kier alpha value is -3.06. The summed E-state index contributed by atoms with van der Waals surface area (Å²) in [5.41, 5.74) is -1.35. The molecule has 0 spiro atoms. The normalized spacial score (nSPS) is 21.4. The number of carbonyl (C=O) groups is 2. The Morgan fingerprint density at radius 3 is 2.49 bits per heavy atom. The number of aliphatic imine (C=N–C) groups is 1. The van der Waals surface area contributed by atoms with Crippen molar-refractivity contribution in [1.82, 2.24) is 9.88 Å². The van der Waals surface area contributed by atoms with Crippen LogP contribution in [0.3, 0.4) is 0 Å². The van der Waals surface area contributed by atoms with Crippen LogP contribution in [0.15, 0.2) is 53.2 Å². The lowest BCUT2D eigenvalue weighted by Crippen LogP contribution is -2.47. The summed E-state index contributed by atoms with van der Waals surface area (Å²) in [5.74, 6) is -1.88. The zero-order valence-electron chi connectivity index (χ0n) is 26.7. The number of thioether (sulfide) groups is 1. The SMILES string of the molecule is COC(=O)[C@]12C=C1[C@@](C)(c1cc(/C=C(\F)c3ccc(Cl)cn3)ccc1F)N=C(N(COCC[Si](C)(C)C)C(=O)OC(C)(C)C)S2. The number of nitrogens with zero attached hydrogens (tertiary/aromatic N) is 3. The third kappa shape index (κ3) is 8.03. The van der Waals surface area contributed by atoms with Gasteiger partial charge in [-0.15, -0.1) is 0 Å². The first-order valence-electron chi connectivity index (χ1n) is 14.4. The van der Waals surface area contributed by atoms with Crippen molar-refractivity contribution in [3.8, 4) is 0 Å². The summed E-state index contributed by atoms with van der Waals surface area (Å²) in [6.45, 7) is 13.7. The fourth-order valence-electron chi connectivity index (χ4n) is 4.64. The average molecular weight is 678 g/mol. The number of fused-ring (bicyclic) bond motifs is 1. The first-order valence-corrected chi connectivity index (χ1v) is 19.3. The number of halogens is 3. The summed E-state index contributed by atoms with van der Waals surface area (Å²) in [6.07, 6.45) is 3.47. The Morgan fingerprint density at radius 2 is 1.89 bits per heavy atom. The van der Waals surface area contributed by atoms with E-state index in [1.165, 1.54) is 54.6 Å². The number of hydrogen-bond donors (Lipinski definition) is 0. The minimum Gasteiger partial charge on any atom is -0.467 e. The fraction of sp³-hybridized carbons (Fsp3) is 0.438. The predicted molar refractivity (Wildman–Crippen MR) is 177 cm³/mol. The topological polar surface area (TPSA) is 90.3 Å². The number of amides is 1. The molecule has 1 aromatic carbocycles. The highest BCUT2D eigenvalue weighted by Gasteiger charge is 2.64. The van der Waals surface area contributed by atoms with Gasteiger partial charge in [0.2, 0.25) is 0 Å². The lowest BCUT2D eigenvalue weighted by atomic mass is 9.86. The van der Waals surface area contributed by atoms with Crippen molar-refractivity contribution in [2.45, 2.75) is 69.3 Å². The van der Waals surface area contributed by atoms with Crippen molar-refractivity contribution in [2.24, 2.45) is 4.99 Å². The number of pyridine rings is 1. The molecule has 45 heavy (non-hydrogen) atoms. The van der Waals surface area contributed by atoms with E-state index in [0.717, 1.165) is 17.8 Å². The summed E-state index contributed by atoms with van der Waals surface area (Å²) in [7, 11) is -0.174. The molecule has 1 aromatic heterocycles. The summed E-state index contributed by atoms with van der Waals surface area (Å²) in [4.78, 5) is 36.8. The highest BCUT2D eigenvalue weighted by Crippen LogP contribution is 2.61. The molecule has 2 aromatic rings. The Balaban J connectivity index is 1.78. The average Bonchev–Trinajstić information content (AvgIpc) is 3.69. The number of rotatable bonds is 9. The summed E-state index contributed by atoms with van der Waals surface area (Å²) < 4.78 is 46.2. The van der Waals surface area contributed by atoms with Gasteiger partial charge in [0, 0.05) is 26.4 Å². The van der Waals surface area contributed by atoms with Gasteiger partial charge in [-0.3, -0.25) is 4.98 Å². The van der Waals surface area contributed by atoms with Crippen LogP contribution in [0.4, 0.5) is 13.6 Å². The van der Waals surface area contributed by atoms with Gasteiger partial charge in [0.05, 0.1) is 17.8 Å². The highest BCUT2D eigenvalue weighted by atomic mass is 35.5. The van der Waals surface area contributed by atoms with E-state index in [1.807, 2.05) is 0 Å². The van der Waals surface area contributed by atoms with Crippen molar-refractivity contribution in [2.75, 3.05) is 20.4 Å². The molecule has 2 aliphatic rings. The molecule has 1 amide bonds. The lowest BCUT2D eigenvalue weighted by molar-refractivity contribution is -0.140. The monoisotopic (exact) mass is 677 g/mol. The van der Waals surface area contributed by atoms with Crippen LogP contribution in [0.5, 0.6) is 0 Å². The Morgan fingerprint density at radius 1 is 1.18 bits per heavy atom. The van der Waals surface area contributed by atoms with Gasteiger partial charge in [-0.25, -0.2) is 28.3 Å². The minimum absolute atomic E-state index is 0.0580. The third-order valence-electron chi connectivity index (χ3n) is 7.09. The minimum atomic E-state index is -1.46. The van der Waals surface area contributed by atoms with Gasteiger partial charge in [0.1, 0.15) is 29.5 Å². The maximum Gasteiger partial charge on any atom is 0.418 e. The van der Waals surface area contributed by atoms with Crippen LogP contribution in [0.2, 0.25) is 30.7 Å². The maximum absolute atomic E-state index is 15.7. The van der Waals surface area contributed by atoms with Crippen LogP contribution in [0.25, 0.3) is 11.9 Å². The molecule has 2 heterocycles. The Bertz CT molecular complexity index is 1570. The number of esters is 1. The van der Waals surface area contributed by atoms with E-state index in [4.69, 9.17) is 30.8 Å². The van der Waals surface area contributed by atoms with E-state index >= 15 is 8.78 Å². The first-order chi connectivity index (χ1) is 20.9. The van der Waals surface area contributed by atoms with Crippen LogP contribution in [0, 0.1) is 5.82 Å². The Kier molecular flexibility index (Phi) is 10.0. The van der Waals surface area contributed by atoms with Crippen LogP contribution < -0.4 is 0 Å². The molecule has 13 heteroatoms. The smallest absolute Gasteiger partial charge is 0.418 e. The molecule has 0 unspecified atom stereocenters. The van der Waals surface area contributed by atoms with Gasteiger partial charge in [-0.05, 0) is 81.3 Å². The molecule has 1 aliphatic carbocycles. The van der Waals surface area contributed by atoms with Crippen molar-refractivity contribution in [3.63, 3.8) is 0 Å². The summed E-state index contributed by atoms with van der Waals surface area (Å²) >= 11 is 6.88. The van der Waals surface area contributed by atoms with E-state index < -0.39 is 47.7 Å². The van der Waals surface area contributed by atoms with E-state index in [0.29, 0.717) is 22.8 Å². The van der Waals surface area contributed by atoms with Gasteiger partial charge in [0.15, 0.2) is 9.91 Å². The molecule has 4 rings (SSSR count). The lowest BCUT2D eigenvalue weighted by Gasteiger charge is -2.37. The molecule has 0 bridgehead atoms. The standard InChI is InChI=1S/C32H38ClF2N3O5SSi/c1-30(2,3)43-29(40)38(19-42-13-14-45(6,7)8)28-37-31(4,26-17-32(26,44-28)27(39)41-5)22-15-20(9-11-23(22)34)16-24(35)25-12-10-21(33)18-36-25/h9-12,15-18H,13-14,19H2,1-8H3/b24-16-/t31-,32+/m1/s1. The number of methoxy groups -OCH3 is 1. The summed E-state index contributed by atoms with van der Waals surface area (Å²) in [6, 6.07) is 7.91. The van der Waals surface area contributed by atoms with Gasteiger partial charge in [0.25, 0.3) is 0 Å². The van der Waals surface area contributed by atoms with Gasteiger partial charge in [-0.2, -0.15) is 0 Å². The number of carbonyl (C=O) groups excluding carboxylic acids is 2. The second kappa shape index (κ2) is 13.0. The zero-order chi connectivity index (χ0) is 33.4. The van der Waals surface area contributed by atoms with Crippen molar-refractivity contribution >= 4 is 60.6 Å². The van der Waals surface area contributed by atoms with Gasteiger partial charge >= 0.3 is 12.1 Å². The second-order valence-corrected chi connectivity index (χ2v) is 20.5. The number of benzene rings is 1. The van der Waals surface area contributed by atoms with Crippen molar-refractivity contribution in [1.29, 1.82) is 0 Å². The molecular weight excluding hydrogens is 640 g/mol. The first kappa shape index (κ1) is 34.8. The van der Waals surface area contributed by atoms with Crippen LogP contribution in [-0.4, -0.2) is 66.0 Å². The fourth-order valence-corrected chi connectivity index (χ4v) is 6.91. The molecule has 0 radical (unpaired) electrons. The molecular formula is C32H38ClF2N3O5SSi. The second-order valence-electron chi connectivity index (χ2n) is 13.2. The maximum atomic E-state index is 15.7. The van der Waals surface area contributed by atoms with Crippen molar-refractivity contribution < 1.29 is 32.6 Å². The van der Waals surface area contributed by atoms with Crippen LogP contribution in [0.1, 0.15) is 44.5 Å². The van der Waals surface area contributed by atoms with Crippen LogP contribution in [-0.2, 0) is 24.5 Å². The summed E-state index contributed by atoms with van der Waals surface area (Å²) in [5, 5.41) is 0.459. The van der Waals surface area contributed by atoms with E-state index in [2.05, 4.69) is 24.6 Å². The molecule has 1 aliphatic heterocycles. The number of aromatic nitrogens is 1.